The Kier molecular flexibility index (Phi) is 2.74. The van der Waals surface area contributed by atoms with Crippen LogP contribution in [0, 0.1) is 0 Å². The molecule has 0 N–H and O–H groups in total. The summed E-state index contributed by atoms with van der Waals surface area (Å²) in [5.41, 5.74) is 1.72. The van der Waals surface area contributed by atoms with Gasteiger partial charge in [-0.15, -0.1) is 0 Å². The summed E-state index contributed by atoms with van der Waals surface area (Å²) in [6.45, 7) is 2.02. The highest BCUT2D eigenvalue weighted by Crippen LogP contribution is 2.30. The number of benzene rings is 1. The molecule has 1 aromatic carbocycles. The minimum absolute atomic E-state index is 0.108. The van der Waals surface area contributed by atoms with Gasteiger partial charge in [-0.05, 0) is 58.7 Å². The molecule has 92 valence electrons. The van der Waals surface area contributed by atoms with Gasteiger partial charge in [0.25, 0.3) is 0 Å². The number of furan rings is 1. The molecule has 2 heterocycles. The van der Waals surface area contributed by atoms with Gasteiger partial charge in [0.15, 0.2) is 10.4 Å². The van der Waals surface area contributed by atoms with Crippen LogP contribution in [-0.2, 0) is 6.42 Å². The Balaban J connectivity index is 1.94. The van der Waals surface area contributed by atoms with E-state index in [1.165, 1.54) is 0 Å². The van der Waals surface area contributed by atoms with Crippen molar-refractivity contribution < 1.29 is 13.9 Å². The first-order valence-electron chi connectivity index (χ1n) is 5.73. The third kappa shape index (κ3) is 1.97. The van der Waals surface area contributed by atoms with Gasteiger partial charge >= 0.3 is 0 Å². The lowest BCUT2D eigenvalue weighted by Crippen LogP contribution is -2.05. The Morgan fingerprint density at radius 3 is 2.89 bits per heavy atom. The van der Waals surface area contributed by atoms with Crippen molar-refractivity contribution in [2.24, 2.45) is 0 Å². The summed E-state index contributed by atoms with van der Waals surface area (Å²) in [7, 11) is 0. The number of ether oxygens (including phenoxy) is 1. The van der Waals surface area contributed by atoms with Crippen LogP contribution in [0.5, 0.6) is 5.75 Å². The molecular weight excluding hydrogens is 296 g/mol. The maximum atomic E-state index is 12.2. The molecular formula is C14H11BrO3. The zero-order chi connectivity index (χ0) is 12.7. The van der Waals surface area contributed by atoms with Crippen molar-refractivity contribution in [2.45, 2.75) is 19.4 Å². The average Bonchev–Trinajstić information content (AvgIpc) is 2.92. The van der Waals surface area contributed by atoms with E-state index in [1.807, 2.05) is 19.1 Å². The van der Waals surface area contributed by atoms with E-state index >= 15 is 0 Å². The van der Waals surface area contributed by atoms with Gasteiger partial charge in [0, 0.05) is 12.0 Å². The molecule has 1 unspecified atom stereocenters. The number of hydrogen-bond donors (Lipinski definition) is 0. The largest absolute Gasteiger partial charge is 0.490 e. The van der Waals surface area contributed by atoms with E-state index in [0.717, 1.165) is 17.7 Å². The average molecular weight is 307 g/mol. The van der Waals surface area contributed by atoms with Gasteiger partial charge in [-0.3, -0.25) is 4.79 Å². The molecule has 0 fully saturated rings. The van der Waals surface area contributed by atoms with Crippen molar-refractivity contribution >= 4 is 21.7 Å². The highest BCUT2D eigenvalue weighted by molar-refractivity contribution is 9.10. The molecule has 18 heavy (non-hydrogen) atoms. The van der Waals surface area contributed by atoms with Crippen LogP contribution in [-0.4, -0.2) is 11.9 Å². The smallest absolute Gasteiger partial charge is 0.228 e. The van der Waals surface area contributed by atoms with Gasteiger partial charge in [-0.2, -0.15) is 0 Å². The summed E-state index contributed by atoms with van der Waals surface area (Å²) in [5.74, 6) is 1.11. The lowest BCUT2D eigenvalue weighted by Gasteiger charge is -2.02. The molecule has 0 spiro atoms. The molecule has 3 nitrogen and oxygen atoms in total. The summed E-state index contributed by atoms with van der Waals surface area (Å²) in [4.78, 5) is 12.2. The molecule has 3 rings (SSSR count). The highest BCUT2D eigenvalue weighted by Gasteiger charge is 2.21. The first-order valence-corrected chi connectivity index (χ1v) is 6.52. The Morgan fingerprint density at radius 2 is 2.17 bits per heavy atom. The van der Waals surface area contributed by atoms with Gasteiger partial charge in [0.05, 0.1) is 0 Å². The predicted octanol–water partition coefficient (Wildman–Crippen LogP) is 3.60. The van der Waals surface area contributed by atoms with E-state index in [2.05, 4.69) is 15.9 Å². The van der Waals surface area contributed by atoms with Crippen molar-refractivity contribution in [2.75, 3.05) is 0 Å². The fourth-order valence-electron chi connectivity index (χ4n) is 2.14. The van der Waals surface area contributed by atoms with Gasteiger partial charge in [-0.25, -0.2) is 0 Å². The molecule has 0 saturated carbocycles. The first kappa shape index (κ1) is 11.5. The number of carbonyl (C=O) groups is 1. The molecule has 1 aliphatic heterocycles. The number of hydrogen-bond acceptors (Lipinski definition) is 3. The standard InChI is InChI=1S/C14H11BrO3/c1-8-6-10-7-9(2-3-11(10)17-8)14(16)12-4-5-13(15)18-12/h2-5,7-8H,6H2,1H3. The van der Waals surface area contributed by atoms with Gasteiger partial charge in [0.2, 0.25) is 5.78 Å². The molecule has 4 heteroatoms. The third-order valence-corrected chi connectivity index (χ3v) is 3.38. The number of halogens is 1. The van der Waals surface area contributed by atoms with Crippen LogP contribution >= 0.6 is 15.9 Å². The van der Waals surface area contributed by atoms with Crippen molar-refractivity contribution in [1.29, 1.82) is 0 Å². The normalized spacial score (nSPS) is 17.3. The van der Waals surface area contributed by atoms with Gasteiger partial charge in [0.1, 0.15) is 11.9 Å². The van der Waals surface area contributed by atoms with Crippen LogP contribution in [0.3, 0.4) is 0 Å². The highest BCUT2D eigenvalue weighted by atomic mass is 79.9. The Labute approximate surface area is 113 Å². The third-order valence-electron chi connectivity index (χ3n) is 2.96. The van der Waals surface area contributed by atoms with E-state index in [-0.39, 0.29) is 11.9 Å². The second kappa shape index (κ2) is 4.28. The van der Waals surface area contributed by atoms with E-state index in [1.54, 1.807) is 18.2 Å². The van der Waals surface area contributed by atoms with E-state index in [4.69, 9.17) is 9.15 Å². The molecule has 1 aromatic heterocycles. The van der Waals surface area contributed by atoms with E-state index in [9.17, 15) is 4.79 Å². The molecule has 0 aliphatic carbocycles. The molecule has 1 atom stereocenters. The minimum atomic E-state index is -0.108. The molecule has 0 bridgehead atoms. The summed E-state index contributed by atoms with van der Waals surface area (Å²) in [5, 5.41) is 0. The summed E-state index contributed by atoms with van der Waals surface area (Å²) >= 11 is 3.19. The second-order valence-electron chi connectivity index (χ2n) is 4.39. The van der Waals surface area contributed by atoms with Gasteiger partial charge in [-0.1, -0.05) is 0 Å². The maximum absolute atomic E-state index is 12.2. The monoisotopic (exact) mass is 306 g/mol. The van der Waals surface area contributed by atoms with Crippen LogP contribution in [0.4, 0.5) is 0 Å². The van der Waals surface area contributed by atoms with Crippen molar-refractivity contribution in [3.05, 3.63) is 51.9 Å². The fraction of sp³-hybridized carbons (Fsp3) is 0.214. The van der Waals surface area contributed by atoms with Gasteiger partial charge < -0.3 is 9.15 Å². The summed E-state index contributed by atoms with van der Waals surface area (Å²) in [6, 6.07) is 8.89. The first-order chi connectivity index (χ1) is 8.63. The lowest BCUT2D eigenvalue weighted by molar-refractivity contribution is 0.101. The SMILES string of the molecule is CC1Cc2cc(C(=O)c3ccc(Br)o3)ccc2O1. The van der Waals surface area contributed by atoms with Crippen LogP contribution in [0.1, 0.15) is 28.6 Å². The van der Waals surface area contributed by atoms with Crippen molar-refractivity contribution in [1.82, 2.24) is 0 Å². The van der Waals surface area contributed by atoms with Crippen LogP contribution in [0.25, 0.3) is 0 Å². The number of ketones is 1. The van der Waals surface area contributed by atoms with Crippen LogP contribution in [0.15, 0.2) is 39.4 Å². The molecule has 0 saturated heterocycles. The van der Waals surface area contributed by atoms with Crippen LogP contribution < -0.4 is 4.74 Å². The molecule has 2 aromatic rings. The number of carbonyl (C=O) groups excluding carboxylic acids is 1. The Hall–Kier alpha value is -1.55. The van der Waals surface area contributed by atoms with E-state index < -0.39 is 0 Å². The maximum Gasteiger partial charge on any atom is 0.228 e. The minimum Gasteiger partial charge on any atom is -0.490 e. The number of rotatable bonds is 2. The molecule has 0 amide bonds. The second-order valence-corrected chi connectivity index (χ2v) is 5.17. The molecule has 1 aliphatic rings. The zero-order valence-electron chi connectivity index (χ0n) is 9.77. The predicted molar refractivity (Wildman–Crippen MR) is 70.1 cm³/mol. The zero-order valence-corrected chi connectivity index (χ0v) is 11.4. The fourth-order valence-corrected chi connectivity index (χ4v) is 2.45. The topological polar surface area (TPSA) is 39.4 Å². The lowest BCUT2D eigenvalue weighted by atomic mass is 10.0. The number of fused-ring (bicyclic) bond motifs is 1. The molecule has 0 radical (unpaired) electrons. The van der Waals surface area contributed by atoms with Crippen molar-refractivity contribution in [3.8, 4) is 5.75 Å². The quantitative estimate of drug-likeness (QED) is 0.796. The Bertz CT molecular complexity index is 615. The van der Waals surface area contributed by atoms with E-state index in [0.29, 0.717) is 16.0 Å². The van der Waals surface area contributed by atoms with Crippen LogP contribution in [0.2, 0.25) is 0 Å². The summed E-state index contributed by atoms with van der Waals surface area (Å²) in [6.07, 6.45) is 1.03. The van der Waals surface area contributed by atoms with Crippen molar-refractivity contribution in [3.63, 3.8) is 0 Å². The summed E-state index contributed by atoms with van der Waals surface area (Å²) < 4.78 is 11.4. The Morgan fingerprint density at radius 1 is 1.33 bits per heavy atom.